The molecule has 3 aromatic rings. The number of fused-ring (bicyclic) bond motifs is 1. The van der Waals surface area contributed by atoms with Gasteiger partial charge in [0.1, 0.15) is 0 Å². The van der Waals surface area contributed by atoms with E-state index in [-0.39, 0.29) is 11.9 Å². The third-order valence-corrected chi connectivity index (χ3v) is 5.56. The van der Waals surface area contributed by atoms with E-state index in [9.17, 15) is 9.59 Å². The molecule has 1 saturated heterocycles. The number of nitrogens with zero attached hydrogens (tertiary/aromatic N) is 1. The highest BCUT2D eigenvalue weighted by molar-refractivity contribution is 6.02. The molecular weight excluding hydrogens is 366 g/mol. The van der Waals surface area contributed by atoms with Gasteiger partial charge >= 0.3 is 0 Å². The van der Waals surface area contributed by atoms with E-state index in [1.165, 1.54) is 12.8 Å². The molecule has 1 aromatic heterocycles. The number of carbonyl (C=O) groups excluding carboxylic acids is 2. The number of aromatic nitrogens is 2. The van der Waals surface area contributed by atoms with Crippen molar-refractivity contribution in [3.63, 3.8) is 0 Å². The van der Waals surface area contributed by atoms with E-state index in [0.29, 0.717) is 22.9 Å². The second-order valence-electron chi connectivity index (χ2n) is 7.60. The van der Waals surface area contributed by atoms with Crippen molar-refractivity contribution in [2.45, 2.75) is 38.3 Å². The number of rotatable bonds is 5. The maximum atomic E-state index is 12.8. The molecule has 0 aliphatic carbocycles. The Bertz CT molecular complexity index is 1050. The summed E-state index contributed by atoms with van der Waals surface area (Å²) < 4.78 is 0. The van der Waals surface area contributed by atoms with Crippen LogP contribution in [0.5, 0.6) is 0 Å². The molecule has 150 valence electrons. The van der Waals surface area contributed by atoms with Crippen molar-refractivity contribution in [2.75, 3.05) is 6.54 Å². The fourth-order valence-electron chi connectivity index (χ4n) is 3.89. The van der Waals surface area contributed by atoms with Crippen molar-refractivity contribution in [1.29, 1.82) is 0 Å². The molecule has 5 N–H and O–H groups in total. The van der Waals surface area contributed by atoms with Crippen molar-refractivity contribution in [3.8, 4) is 11.3 Å². The van der Waals surface area contributed by atoms with Gasteiger partial charge in [-0.05, 0) is 56.6 Å². The van der Waals surface area contributed by atoms with E-state index in [4.69, 9.17) is 5.73 Å². The number of benzene rings is 2. The quantitative estimate of drug-likeness (QED) is 0.535. The third kappa shape index (κ3) is 4.00. The summed E-state index contributed by atoms with van der Waals surface area (Å²) in [5, 5.41) is 14.7. The van der Waals surface area contributed by atoms with Crippen molar-refractivity contribution >= 4 is 22.7 Å². The zero-order valence-corrected chi connectivity index (χ0v) is 16.4. The first-order valence-corrected chi connectivity index (χ1v) is 9.95. The SMILES string of the molecule is CC(NC(=O)c1cccc(-c2n[nH]c3ccc(C(N)=O)cc23)c1)C1CCCCN1. The average molecular weight is 391 g/mol. The van der Waals surface area contributed by atoms with E-state index >= 15 is 0 Å². The van der Waals surface area contributed by atoms with Crippen molar-refractivity contribution < 1.29 is 9.59 Å². The minimum absolute atomic E-state index is 0.0517. The molecular formula is C22H25N5O2. The molecule has 4 rings (SSSR count). The Labute approximate surface area is 169 Å². The van der Waals surface area contributed by atoms with Gasteiger partial charge in [0.25, 0.3) is 5.91 Å². The smallest absolute Gasteiger partial charge is 0.251 e. The van der Waals surface area contributed by atoms with Gasteiger partial charge < -0.3 is 16.4 Å². The van der Waals surface area contributed by atoms with Crippen LogP contribution in [0.3, 0.4) is 0 Å². The summed E-state index contributed by atoms with van der Waals surface area (Å²) >= 11 is 0. The zero-order valence-electron chi connectivity index (χ0n) is 16.4. The van der Waals surface area contributed by atoms with Crippen LogP contribution in [0.25, 0.3) is 22.2 Å². The first-order valence-electron chi connectivity index (χ1n) is 9.95. The Morgan fingerprint density at radius 3 is 2.79 bits per heavy atom. The van der Waals surface area contributed by atoms with Crippen LogP contribution < -0.4 is 16.4 Å². The summed E-state index contributed by atoms with van der Waals surface area (Å²) in [6.07, 6.45) is 3.45. The molecule has 0 saturated carbocycles. The summed E-state index contributed by atoms with van der Waals surface area (Å²) in [4.78, 5) is 24.3. The number of carbonyl (C=O) groups is 2. The maximum absolute atomic E-state index is 12.8. The summed E-state index contributed by atoms with van der Waals surface area (Å²) in [6, 6.07) is 12.9. The number of amides is 2. The highest BCUT2D eigenvalue weighted by Crippen LogP contribution is 2.27. The van der Waals surface area contributed by atoms with Crippen LogP contribution in [0.4, 0.5) is 0 Å². The first-order chi connectivity index (χ1) is 14.0. The van der Waals surface area contributed by atoms with Crippen molar-refractivity contribution in [1.82, 2.24) is 20.8 Å². The second-order valence-corrected chi connectivity index (χ2v) is 7.60. The lowest BCUT2D eigenvalue weighted by atomic mass is 9.98. The molecule has 7 heteroatoms. The molecule has 2 aromatic carbocycles. The van der Waals surface area contributed by atoms with Gasteiger partial charge in [-0.2, -0.15) is 5.10 Å². The zero-order chi connectivity index (χ0) is 20.4. The second kappa shape index (κ2) is 8.05. The predicted molar refractivity (Wildman–Crippen MR) is 113 cm³/mol. The lowest BCUT2D eigenvalue weighted by Crippen LogP contribution is -2.50. The maximum Gasteiger partial charge on any atom is 0.251 e. The van der Waals surface area contributed by atoms with E-state index < -0.39 is 5.91 Å². The van der Waals surface area contributed by atoms with Crippen LogP contribution in [-0.4, -0.2) is 40.6 Å². The van der Waals surface area contributed by atoms with E-state index in [1.54, 1.807) is 24.3 Å². The van der Waals surface area contributed by atoms with Gasteiger partial charge in [0.15, 0.2) is 0 Å². The Morgan fingerprint density at radius 1 is 1.17 bits per heavy atom. The molecule has 7 nitrogen and oxygen atoms in total. The van der Waals surface area contributed by atoms with Gasteiger partial charge in [-0.15, -0.1) is 0 Å². The van der Waals surface area contributed by atoms with Crippen LogP contribution in [0.15, 0.2) is 42.5 Å². The van der Waals surface area contributed by atoms with Gasteiger partial charge in [-0.1, -0.05) is 18.6 Å². The van der Waals surface area contributed by atoms with E-state index in [2.05, 4.69) is 20.8 Å². The molecule has 2 atom stereocenters. The molecule has 1 aliphatic heterocycles. The lowest BCUT2D eigenvalue weighted by Gasteiger charge is -2.29. The minimum atomic E-state index is -0.488. The number of piperidine rings is 1. The summed E-state index contributed by atoms with van der Waals surface area (Å²) in [7, 11) is 0. The molecule has 29 heavy (non-hydrogen) atoms. The summed E-state index contributed by atoms with van der Waals surface area (Å²) in [5.74, 6) is -0.595. The van der Waals surface area contributed by atoms with Gasteiger partial charge in [-0.3, -0.25) is 14.7 Å². The predicted octanol–water partition coefficient (Wildman–Crippen LogP) is 2.59. The Hall–Kier alpha value is -3.19. The Kier molecular flexibility index (Phi) is 5.31. The Balaban J connectivity index is 1.58. The first kappa shape index (κ1) is 19.1. The largest absolute Gasteiger partial charge is 0.366 e. The number of hydrogen-bond acceptors (Lipinski definition) is 4. The van der Waals surface area contributed by atoms with E-state index in [0.717, 1.165) is 29.4 Å². The van der Waals surface area contributed by atoms with Crippen LogP contribution >= 0.6 is 0 Å². The summed E-state index contributed by atoms with van der Waals surface area (Å²) in [5.41, 5.74) is 8.68. The molecule has 0 spiro atoms. The fourth-order valence-corrected chi connectivity index (χ4v) is 3.89. The van der Waals surface area contributed by atoms with Crippen molar-refractivity contribution in [3.05, 3.63) is 53.6 Å². The molecule has 2 heterocycles. The molecule has 0 bridgehead atoms. The fraction of sp³-hybridized carbons (Fsp3) is 0.318. The van der Waals surface area contributed by atoms with Crippen LogP contribution in [0.1, 0.15) is 46.9 Å². The van der Waals surface area contributed by atoms with Gasteiger partial charge in [0, 0.05) is 34.2 Å². The molecule has 0 radical (unpaired) electrons. The third-order valence-electron chi connectivity index (χ3n) is 5.56. The van der Waals surface area contributed by atoms with E-state index in [1.807, 2.05) is 25.1 Å². The van der Waals surface area contributed by atoms with Gasteiger partial charge in [0.05, 0.1) is 11.2 Å². The lowest BCUT2D eigenvalue weighted by molar-refractivity contribution is 0.0927. The Morgan fingerprint density at radius 2 is 2.03 bits per heavy atom. The van der Waals surface area contributed by atoms with Gasteiger partial charge in [-0.25, -0.2) is 0 Å². The highest BCUT2D eigenvalue weighted by Gasteiger charge is 2.21. The topological polar surface area (TPSA) is 113 Å². The summed E-state index contributed by atoms with van der Waals surface area (Å²) in [6.45, 7) is 3.04. The van der Waals surface area contributed by atoms with Crippen LogP contribution in [0.2, 0.25) is 0 Å². The minimum Gasteiger partial charge on any atom is -0.366 e. The number of aromatic amines is 1. The highest BCUT2D eigenvalue weighted by atomic mass is 16.2. The normalized spacial score (nSPS) is 17.8. The molecule has 1 aliphatic rings. The van der Waals surface area contributed by atoms with Crippen molar-refractivity contribution in [2.24, 2.45) is 5.73 Å². The molecule has 2 unspecified atom stereocenters. The van der Waals surface area contributed by atoms with Crippen LogP contribution in [0, 0.1) is 0 Å². The average Bonchev–Trinajstić information content (AvgIpc) is 3.17. The number of nitrogens with one attached hydrogen (secondary N) is 3. The van der Waals surface area contributed by atoms with Crippen LogP contribution in [-0.2, 0) is 0 Å². The van der Waals surface area contributed by atoms with Gasteiger partial charge in [0.2, 0.25) is 5.91 Å². The molecule has 1 fully saturated rings. The number of nitrogens with two attached hydrogens (primary N) is 1. The standard InChI is InChI=1S/C22H25N5O2/c1-13(18-7-2-3-10-24-18)25-22(29)16-6-4-5-14(11-16)20-17-12-15(21(23)28)8-9-19(17)26-27-20/h4-6,8-9,11-13,18,24H,2-3,7,10H2,1H3,(H2,23,28)(H,25,29)(H,26,27). The molecule has 2 amide bonds. The number of primary amides is 1. The number of H-pyrrole nitrogens is 1. The number of hydrogen-bond donors (Lipinski definition) is 4. The monoisotopic (exact) mass is 391 g/mol.